The number of esters is 1. The SMILES string of the molecule is CCOc1ccc(S(=O)(=O)N(C)c2ccc(OCC(=O)OCC(=O)Nc3cc([N+](=O)[O-])ccc3OC)cc2)cc1. The van der Waals surface area contributed by atoms with Crippen molar-refractivity contribution in [3.8, 4) is 17.2 Å². The van der Waals surface area contributed by atoms with E-state index in [-0.39, 0.29) is 27.8 Å². The Morgan fingerprint density at radius 2 is 1.57 bits per heavy atom. The molecule has 0 aliphatic heterocycles. The maximum atomic E-state index is 12.9. The molecule has 3 rings (SSSR count). The van der Waals surface area contributed by atoms with E-state index in [4.69, 9.17) is 18.9 Å². The van der Waals surface area contributed by atoms with Gasteiger partial charge in [-0.3, -0.25) is 19.2 Å². The number of methoxy groups -OCH3 is 1. The van der Waals surface area contributed by atoms with Gasteiger partial charge in [-0.15, -0.1) is 0 Å². The van der Waals surface area contributed by atoms with Gasteiger partial charge in [-0.25, -0.2) is 13.2 Å². The van der Waals surface area contributed by atoms with Gasteiger partial charge in [0, 0.05) is 19.2 Å². The molecular formula is C26H27N3O10S. The van der Waals surface area contributed by atoms with Crippen LogP contribution in [0.4, 0.5) is 17.1 Å². The van der Waals surface area contributed by atoms with Crippen molar-refractivity contribution < 1.29 is 41.9 Å². The third-order valence-electron chi connectivity index (χ3n) is 5.38. The number of hydrogen-bond donors (Lipinski definition) is 1. The molecule has 14 heteroatoms. The van der Waals surface area contributed by atoms with Crippen molar-refractivity contribution in [2.45, 2.75) is 11.8 Å². The summed E-state index contributed by atoms with van der Waals surface area (Å²) in [6.07, 6.45) is 0. The summed E-state index contributed by atoms with van der Waals surface area (Å²) >= 11 is 0. The summed E-state index contributed by atoms with van der Waals surface area (Å²) in [6, 6.07) is 15.7. The molecule has 3 aromatic rings. The number of benzene rings is 3. The molecular weight excluding hydrogens is 546 g/mol. The van der Waals surface area contributed by atoms with Crippen LogP contribution in [0.15, 0.2) is 71.6 Å². The third-order valence-corrected chi connectivity index (χ3v) is 7.18. The van der Waals surface area contributed by atoms with E-state index in [0.29, 0.717) is 18.0 Å². The maximum absolute atomic E-state index is 12.9. The normalized spacial score (nSPS) is 10.8. The first-order chi connectivity index (χ1) is 19.0. The number of rotatable bonds is 13. The second-order valence-corrected chi connectivity index (χ2v) is 9.98. The van der Waals surface area contributed by atoms with Gasteiger partial charge in [-0.1, -0.05) is 0 Å². The number of hydrogen-bond acceptors (Lipinski definition) is 10. The van der Waals surface area contributed by atoms with E-state index < -0.39 is 40.0 Å². The Labute approximate surface area is 230 Å². The first-order valence-electron chi connectivity index (χ1n) is 11.8. The second-order valence-electron chi connectivity index (χ2n) is 8.01. The highest BCUT2D eigenvalue weighted by Gasteiger charge is 2.21. The zero-order chi connectivity index (χ0) is 29.3. The average Bonchev–Trinajstić information content (AvgIpc) is 2.95. The number of non-ortho nitro benzene ring substituents is 1. The van der Waals surface area contributed by atoms with Crippen molar-refractivity contribution in [2.75, 3.05) is 43.6 Å². The molecule has 0 atom stereocenters. The topological polar surface area (TPSA) is 164 Å². The number of nitro groups is 1. The van der Waals surface area contributed by atoms with Crippen LogP contribution in [-0.2, 0) is 24.3 Å². The number of nitrogens with one attached hydrogen (secondary N) is 1. The average molecular weight is 574 g/mol. The van der Waals surface area contributed by atoms with Gasteiger partial charge in [0.25, 0.3) is 21.6 Å². The van der Waals surface area contributed by atoms with Crippen LogP contribution in [0.1, 0.15) is 6.92 Å². The lowest BCUT2D eigenvalue weighted by molar-refractivity contribution is -0.384. The summed E-state index contributed by atoms with van der Waals surface area (Å²) in [6.45, 7) is 1.11. The summed E-state index contributed by atoms with van der Waals surface area (Å²) in [4.78, 5) is 34.6. The van der Waals surface area contributed by atoms with Crippen LogP contribution in [0.3, 0.4) is 0 Å². The summed E-state index contributed by atoms with van der Waals surface area (Å²) in [7, 11) is -1.08. The van der Waals surface area contributed by atoms with E-state index in [1.807, 2.05) is 6.92 Å². The standard InChI is InChI=1S/C26H27N3O10S/c1-4-37-20-10-12-22(13-11-20)40(34,35)28(2)18-5-8-21(9-6-18)38-17-26(31)39-16-25(30)27-23-15-19(29(32)33)7-14-24(23)36-3/h5-15H,4,16-17H2,1-3H3,(H,27,30). The van der Waals surface area contributed by atoms with E-state index >= 15 is 0 Å². The zero-order valence-corrected chi connectivity index (χ0v) is 22.7. The largest absolute Gasteiger partial charge is 0.495 e. The minimum atomic E-state index is -3.83. The highest BCUT2D eigenvalue weighted by molar-refractivity contribution is 7.92. The molecule has 0 unspecified atom stereocenters. The Bertz CT molecular complexity index is 1460. The molecule has 0 spiro atoms. The fraction of sp³-hybridized carbons (Fsp3) is 0.231. The van der Waals surface area contributed by atoms with E-state index in [2.05, 4.69) is 5.32 Å². The van der Waals surface area contributed by atoms with Crippen molar-refractivity contribution in [3.05, 3.63) is 76.8 Å². The van der Waals surface area contributed by atoms with Gasteiger partial charge in [-0.2, -0.15) is 0 Å². The zero-order valence-electron chi connectivity index (χ0n) is 21.9. The van der Waals surface area contributed by atoms with Crippen LogP contribution < -0.4 is 23.8 Å². The quantitative estimate of drug-likeness (QED) is 0.182. The number of carbonyl (C=O) groups is 2. The lowest BCUT2D eigenvalue weighted by Crippen LogP contribution is -2.26. The number of amides is 1. The van der Waals surface area contributed by atoms with Crippen molar-refractivity contribution in [1.82, 2.24) is 0 Å². The molecule has 1 amide bonds. The molecule has 40 heavy (non-hydrogen) atoms. The van der Waals surface area contributed by atoms with Crippen LogP contribution in [-0.4, -0.2) is 59.2 Å². The van der Waals surface area contributed by atoms with Gasteiger partial charge in [0.2, 0.25) is 0 Å². The number of sulfonamides is 1. The van der Waals surface area contributed by atoms with Gasteiger partial charge in [0.15, 0.2) is 13.2 Å². The smallest absolute Gasteiger partial charge is 0.344 e. The van der Waals surface area contributed by atoms with E-state index in [9.17, 15) is 28.1 Å². The summed E-state index contributed by atoms with van der Waals surface area (Å²) < 4.78 is 47.6. The highest BCUT2D eigenvalue weighted by atomic mass is 32.2. The van der Waals surface area contributed by atoms with Gasteiger partial charge < -0.3 is 24.3 Å². The summed E-state index contributed by atoms with van der Waals surface area (Å²) in [5.74, 6) is -0.575. The molecule has 0 saturated carbocycles. The Hall–Kier alpha value is -4.85. The van der Waals surface area contributed by atoms with Gasteiger partial charge >= 0.3 is 5.97 Å². The first-order valence-corrected chi connectivity index (χ1v) is 13.2. The minimum absolute atomic E-state index is 0.0450. The fourth-order valence-electron chi connectivity index (χ4n) is 3.35. The lowest BCUT2D eigenvalue weighted by atomic mass is 10.2. The van der Waals surface area contributed by atoms with Crippen molar-refractivity contribution >= 4 is 39.0 Å². The molecule has 0 saturated heterocycles. The molecule has 0 bridgehead atoms. The van der Waals surface area contributed by atoms with Gasteiger partial charge in [0.1, 0.15) is 17.2 Å². The summed E-state index contributed by atoms with van der Waals surface area (Å²) in [5.41, 5.74) is 0.146. The monoisotopic (exact) mass is 573 g/mol. The Kier molecular flexibility index (Phi) is 9.86. The number of ether oxygens (including phenoxy) is 4. The second kappa shape index (κ2) is 13.3. The van der Waals surface area contributed by atoms with Crippen LogP contribution in [0.2, 0.25) is 0 Å². The van der Waals surface area contributed by atoms with Crippen molar-refractivity contribution in [2.24, 2.45) is 0 Å². The molecule has 0 aromatic heterocycles. The number of nitro benzene ring substituents is 1. The Balaban J connectivity index is 1.51. The van der Waals surface area contributed by atoms with Crippen molar-refractivity contribution in [3.63, 3.8) is 0 Å². The van der Waals surface area contributed by atoms with Crippen LogP contribution in [0.5, 0.6) is 17.2 Å². The van der Waals surface area contributed by atoms with E-state index in [1.54, 1.807) is 12.1 Å². The van der Waals surface area contributed by atoms with Crippen LogP contribution >= 0.6 is 0 Å². The van der Waals surface area contributed by atoms with Crippen LogP contribution in [0, 0.1) is 10.1 Å². The molecule has 0 radical (unpaired) electrons. The predicted octanol–water partition coefficient (Wildman–Crippen LogP) is 3.39. The van der Waals surface area contributed by atoms with E-state index in [1.165, 1.54) is 62.7 Å². The predicted molar refractivity (Wildman–Crippen MR) is 144 cm³/mol. The summed E-state index contributed by atoms with van der Waals surface area (Å²) in [5, 5.41) is 13.4. The molecule has 0 aliphatic rings. The minimum Gasteiger partial charge on any atom is -0.495 e. The van der Waals surface area contributed by atoms with Gasteiger partial charge in [-0.05, 0) is 61.5 Å². The maximum Gasteiger partial charge on any atom is 0.344 e. The number of nitrogens with zero attached hydrogens (tertiary/aromatic N) is 2. The van der Waals surface area contributed by atoms with Gasteiger partial charge in [0.05, 0.1) is 34.9 Å². The molecule has 212 valence electrons. The first kappa shape index (κ1) is 29.7. The number of anilines is 2. The molecule has 0 heterocycles. The number of carbonyl (C=O) groups excluding carboxylic acids is 2. The Morgan fingerprint density at radius 3 is 2.17 bits per heavy atom. The molecule has 3 aromatic carbocycles. The highest BCUT2D eigenvalue weighted by Crippen LogP contribution is 2.29. The van der Waals surface area contributed by atoms with E-state index in [0.717, 1.165) is 10.4 Å². The molecule has 0 fully saturated rings. The lowest BCUT2D eigenvalue weighted by Gasteiger charge is -2.20. The Morgan fingerprint density at radius 1 is 0.950 bits per heavy atom. The fourth-order valence-corrected chi connectivity index (χ4v) is 4.54. The third kappa shape index (κ3) is 7.60. The molecule has 0 aliphatic carbocycles. The van der Waals surface area contributed by atoms with Crippen molar-refractivity contribution in [1.29, 1.82) is 0 Å². The molecule has 1 N–H and O–H groups in total. The molecule has 13 nitrogen and oxygen atoms in total. The van der Waals surface area contributed by atoms with Crippen LogP contribution in [0.25, 0.3) is 0 Å².